The number of hydrogen-bond donors (Lipinski definition) is 0. The molecule has 0 unspecified atom stereocenters. The van der Waals surface area contributed by atoms with Crippen LogP contribution in [-0.2, 0) is 6.42 Å². The predicted octanol–water partition coefficient (Wildman–Crippen LogP) is 4.39. The fourth-order valence-corrected chi connectivity index (χ4v) is 2.54. The van der Waals surface area contributed by atoms with E-state index in [4.69, 9.17) is 11.6 Å². The van der Waals surface area contributed by atoms with Gasteiger partial charge in [0.05, 0.1) is 11.2 Å². The van der Waals surface area contributed by atoms with E-state index in [0.29, 0.717) is 34.9 Å². The number of nitrogens with zero attached hydrogens (tertiary/aromatic N) is 2. The molecule has 108 valence electrons. The zero-order chi connectivity index (χ0) is 15.0. The van der Waals surface area contributed by atoms with Gasteiger partial charge in [-0.05, 0) is 36.8 Å². The SMILES string of the molecule is Cc1ccc(-n2c(CCCl)nc3c(F)cccc32)cc1F. The summed E-state index contributed by atoms with van der Waals surface area (Å²) >= 11 is 5.80. The molecule has 0 aliphatic heterocycles. The minimum absolute atomic E-state index is 0.276. The van der Waals surface area contributed by atoms with Gasteiger partial charge in [-0.1, -0.05) is 12.1 Å². The summed E-state index contributed by atoms with van der Waals surface area (Å²) in [4.78, 5) is 4.31. The number of alkyl halides is 1. The first-order chi connectivity index (χ1) is 10.1. The Labute approximate surface area is 126 Å². The Balaban J connectivity index is 2.30. The second-order valence-electron chi connectivity index (χ2n) is 4.84. The smallest absolute Gasteiger partial charge is 0.151 e. The number of halogens is 3. The van der Waals surface area contributed by atoms with E-state index in [9.17, 15) is 8.78 Å². The molecule has 0 fully saturated rings. The van der Waals surface area contributed by atoms with E-state index >= 15 is 0 Å². The fourth-order valence-electron chi connectivity index (χ4n) is 2.37. The van der Waals surface area contributed by atoms with Crippen molar-refractivity contribution in [2.45, 2.75) is 13.3 Å². The highest BCUT2D eigenvalue weighted by Crippen LogP contribution is 2.25. The third kappa shape index (κ3) is 2.40. The van der Waals surface area contributed by atoms with E-state index in [2.05, 4.69) is 4.98 Å². The Morgan fingerprint density at radius 1 is 1.14 bits per heavy atom. The topological polar surface area (TPSA) is 17.8 Å². The molecule has 3 rings (SSSR count). The molecule has 2 nitrogen and oxygen atoms in total. The summed E-state index contributed by atoms with van der Waals surface area (Å²) in [5, 5.41) is 0. The van der Waals surface area contributed by atoms with Gasteiger partial charge in [0.25, 0.3) is 0 Å². The Kier molecular flexibility index (Phi) is 3.64. The number of aryl methyl sites for hydroxylation is 2. The largest absolute Gasteiger partial charge is 0.296 e. The zero-order valence-electron chi connectivity index (χ0n) is 11.4. The molecule has 1 heterocycles. The van der Waals surface area contributed by atoms with Crippen molar-refractivity contribution in [1.82, 2.24) is 9.55 Å². The molecule has 21 heavy (non-hydrogen) atoms. The quantitative estimate of drug-likeness (QED) is 0.656. The van der Waals surface area contributed by atoms with E-state index in [1.54, 1.807) is 35.8 Å². The van der Waals surface area contributed by atoms with Gasteiger partial charge in [-0.2, -0.15) is 0 Å². The number of hydrogen-bond acceptors (Lipinski definition) is 1. The molecule has 0 bridgehead atoms. The number of fused-ring (bicyclic) bond motifs is 1. The third-order valence-corrected chi connectivity index (χ3v) is 3.63. The van der Waals surface area contributed by atoms with E-state index < -0.39 is 5.82 Å². The maximum atomic E-state index is 13.9. The van der Waals surface area contributed by atoms with E-state index in [1.807, 2.05) is 0 Å². The monoisotopic (exact) mass is 306 g/mol. The van der Waals surface area contributed by atoms with Crippen molar-refractivity contribution >= 4 is 22.6 Å². The van der Waals surface area contributed by atoms with Crippen molar-refractivity contribution in [2.24, 2.45) is 0 Å². The first kappa shape index (κ1) is 14.0. The van der Waals surface area contributed by atoms with Crippen LogP contribution >= 0.6 is 11.6 Å². The fraction of sp³-hybridized carbons (Fsp3) is 0.188. The lowest BCUT2D eigenvalue weighted by atomic mass is 10.2. The first-order valence-electron chi connectivity index (χ1n) is 6.60. The standard InChI is InChI=1S/C16H13ClF2N2/c1-10-5-6-11(9-13(10)19)21-14-4-2-3-12(18)16(14)20-15(21)7-8-17/h2-6,9H,7-8H2,1H3. The summed E-state index contributed by atoms with van der Waals surface area (Å²) in [7, 11) is 0. The minimum Gasteiger partial charge on any atom is -0.296 e. The molecule has 0 spiro atoms. The molecule has 0 saturated carbocycles. The number of para-hydroxylation sites is 1. The van der Waals surface area contributed by atoms with Crippen LogP contribution in [0.1, 0.15) is 11.4 Å². The number of rotatable bonds is 3. The van der Waals surface area contributed by atoms with Gasteiger partial charge in [0, 0.05) is 12.3 Å². The number of aromatic nitrogens is 2. The molecule has 0 N–H and O–H groups in total. The summed E-state index contributed by atoms with van der Waals surface area (Å²) in [5.41, 5.74) is 2.07. The van der Waals surface area contributed by atoms with Crippen LogP contribution in [0.3, 0.4) is 0 Å². The number of imidazole rings is 1. The van der Waals surface area contributed by atoms with Crippen LogP contribution in [0.2, 0.25) is 0 Å². The van der Waals surface area contributed by atoms with Gasteiger partial charge < -0.3 is 0 Å². The molecule has 0 amide bonds. The van der Waals surface area contributed by atoms with Crippen LogP contribution in [0.25, 0.3) is 16.7 Å². The summed E-state index contributed by atoms with van der Waals surface area (Å²) in [6.45, 7) is 1.70. The van der Waals surface area contributed by atoms with E-state index in [0.717, 1.165) is 0 Å². The highest BCUT2D eigenvalue weighted by molar-refractivity contribution is 6.17. The van der Waals surface area contributed by atoms with Gasteiger partial charge in [0.1, 0.15) is 17.2 Å². The molecule has 0 radical (unpaired) electrons. The van der Waals surface area contributed by atoms with Crippen molar-refractivity contribution in [3.63, 3.8) is 0 Å². The average molecular weight is 307 g/mol. The lowest BCUT2D eigenvalue weighted by Gasteiger charge is -2.09. The normalized spacial score (nSPS) is 11.2. The Morgan fingerprint density at radius 2 is 1.95 bits per heavy atom. The summed E-state index contributed by atoms with van der Waals surface area (Å²) in [5.74, 6) is 0.282. The third-order valence-electron chi connectivity index (χ3n) is 3.44. The number of benzene rings is 2. The molecular formula is C16H13ClF2N2. The van der Waals surface area contributed by atoms with Gasteiger partial charge in [-0.25, -0.2) is 13.8 Å². The maximum absolute atomic E-state index is 13.9. The predicted molar refractivity (Wildman–Crippen MR) is 80.1 cm³/mol. The molecule has 1 aromatic heterocycles. The first-order valence-corrected chi connectivity index (χ1v) is 7.13. The van der Waals surface area contributed by atoms with Crippen LogP contribution in [0.15, 0.2) is 36.4 Å². The molecule has 0 saturated heterocycles. The van der Waals surface area contributed by atoms with Crippen LogP contribution in [0.5, 0.6) is 0 Å². The average Bonchev–Trinajstić information content (AvgIpc) is 2.82. The van der Waals surface area contributed by atoms with Crippen LogP contribution in [0.4, 0.5) is 8.78 Å². The summed E-state index contributed by atoms with van der Waals surface area (Å²) in [6, 6.07) is 9.66. The van der Waals surface area contributed by atoms with Crippen molar-refractivity contribution in [1.29, 1.82) is 0 Å². The van der Waals surface area contributed by atoms with Gasteiger partial charge in [-0.15, -0.1) is 11.6 Å². The lowest BCUT2D eigenvalue weighted by Crippen LogP contribution is -2.03. The van der Waals surface area contributed by atoms with E-state index in [1.165, 1.54) is 12.1 Å². The second kappa shape index (κ2) is 5.45. The van der Waals surface area contributed by atoms with Crippen LogP contribution in [0, 0.1) is 18.6 Å². The molecular weight excluding hydrogens is 294 g/mol. The summed E-state index contributed by atoms with van der Waals surface area (Å²) < 4.78 is 29.5. The van der Waals surface area contributed by atoms with Crippen molar-refractivity contribution in [2.75, 3.05) is 5.88 Å². The molecule has 5 heteroatoms. The Hall–Kier alpha value is -1.94. The van der Waals surface area contributed by atoms with Crippen molar-refractivity contribution in [3.8, 4) is 5.69 Å². The van der Waals surface area contributed by atoms with Crippen LogP contribution in [-0.4, -0.2) is 15.4 Å². The molecule has 0 aliphatic carbocycles. The molecule has 0 atom stereocenters. The second-order valence-corrected chi connectivity index (χ2v) is 5.22. The Morgan fingerprint density at radius 3 is 2.67 bits per heavy atom. The Bertz CT molecular complexity index is 811. The van der Waals surface area contributed by atoms with Gasteiger partial charge in [0.15, 0.2) is 5.82 Å². The molecule has 2 aromatic carbocycles. The van der Waals surface area contributed by atoms with Gasteiger partial charge in [-0.3, -0.25) is 4.57 Å². The minimum atomic E-state index is -0.394. The molecule has 0 aliphatic rings. The van der Waals surface area contributed by atoms with Gasteiger partial charge >= 0.3 is 0 Å². The van der Waals surface area contributed by atoms with Crippen molar-refractivity contribution in [3.05, 3.63) is 59.4 Å². The van der Waals surface area contributed by atoms with Crippen LogP contribution < -0.4 is 0 Å². The highest BCUT2D eigenvalue weighted by atomic mass is 35.5. The molecule has 3 aromatic rings. The van der Waals surface area contributed by atoms with E-state index in [-0.39, 0.29) is 11.3 Å². The lowest BCUT2D eigenvalue weighted by molar-refractivity contribution is 0.617. The highest BCUT2D eigenvalue weighted by Gasteiger charge is 2.15. The van der Waals surface area contributed by atoms with Gasteiger partial charge in [0.2, 0.25) is 0 Å². The summed E-state index contributed by atoms with van der Waals surface area (Å²) in [6.07, 6.45) is 0.477. The van der Waals surface area contributed by atoms with Crippen molar-refractivity contribution < 1.29 is 8.78 Å². The maximum Gasteiger partial charge on any atom is 0.151 e. The zero-order valence-corrected chi connectivity index (χ0v) is 12.2.